The van der Waals surface area contributed by atoms with E-state index in [9.17, 15) is 4.79 Å². The molecule has 3 aromatic rings. The predicted octanol–water partition coefficient (Wildman–Crippen LogP) is 2.81. The lowest BCUT2D eigenvalue weighted by molar-refractivity contribution is -0.120. The van der Waals surface area contributed by atoms with E-state index in [1.807, 2.05) is 43.1 Å². The Hall–Kier alpha value is -2.66. The van der Waals surface area contributed by atoms with Crippen LogP contribution in [0.25, 0.3) is 10.8 Å². The SMILES string of the molecule is Cc1cnn(CCNCC(=O)N[C@H](C)c2ccc3ccccc3c2)c1. The van der Waals surface area contributed by atoms with Crippen LogP contribution in [0, 0.1) is 6.92 Å². The van der Waals surface area contributed by atoms with Crippen molar-refractivity contribution >= 4 is 16.7 Å². The summed E-state index contributed by atoms with van der Waals surface area (Å²) in [5, 5.41) is 12.8. The summed E-state index contributed by atoms with van der Waals surface area (Å²) < 4.78 is 1.87. The molecule has 1 amide bonds. The summed E-state index contributed by atoms with van der Waals surface area (Å²) in [6.45, 7) is 5.78. The molecule has 130 valence electrons. The number of nitrogens with one attached hydrogen (secondary N) is 2. The minimum atomic E-state index is -0.0207. The average molecular weight is 336 g/mol. The molecule has 5 heteroatoms. The van der Waals surface area contributed by atoms with Gasteiger partial charge in [-0.1, -0.05) is 36.4 Å². The van der Waals surface area contributed by atoms with Gasteiger partial charge in [0.1, 0.15) is 0 Å². The zero-order valence-electron chi connectivity index (χ0n) is 14.7. The number of carbonyl (C=O) groups excluding carboxylic acids is 1. The second-order valence-corrected chi connectivity index (χ2v) is 6.35. The van der Waals surface area contributed by atoms with Gasteiger partial charge >= 0.3 is 0 Å². The Balaban J connectivity index is 1.46. The van der Waals surface area contributed by atoms with Gasteiger partial charge in [-0.25, -0.2) is 0 Å². The number of hydrogen-bond donors (Lipinski definition) is 2. The molecular weight excluding hydrogens is 312 g/mol. The molecule has 2 aromatic carbocycles. The third-order valence-electron chi connectivity index (χ3n) is 4.22. The van der Waals surface area contributed by atoms with Crippen LogP contribution >= 0.6 is 0 Å². The molecule has 25 heavy (non-hydrogen) atoms. The van der Waals surface area contributed by atoms with Crippen LogP contribution in [0.5, 0.6) is 0 Å². The largest absolute Gasteiger partial charge is 0.348 e. The fourth-order valence-electron chi connectivity index (χ4n) is 2.84. The number of carbonyl (C=O) groups is 1. The van der Waals surface area contributed by atoms with Crippen LogP contribution in [-0.4, -0.2) is 28.8 Å². The predicted molar refractivity (Wildman–Crippen MR) is 100 cm³/mol. The smallest absolute Gasteiger partial charge is 0.234 e. The maximum Gasteiger partial charge on any atom is 0.234 e. The summed E-state index contributed by atoms with van der Waals surface area (Å²) >= 11 is 0. The van der Waals surface area contributed by atoms with Crippen LogP contribution < -0.4 is 10.6 Å². The summed E-state index contributed by atoms with van der Waals surface area (Å²) in [5.74, 6) is -0.00250. The molecule has 1 atom stereocenters. The van der Waals surface area contributed by atoms with Gasteiger partial charge in [0.25, 0.3) is 0 Å². The van der Waals surface area contributed by atoms with Gasteiger partial charge in [0.2, 0.25) is 5.91 Å². The number of aromatic nitrogens is 2. The molecule has 5 nitrogen and oxygen atoms in total. The highest BCUT2D eigenvalue weighted by Crippen LogP contribution is 2.20. The average Bonchev–Trinajstić information content (AvgIpc) is 3.03. The zero-order valence-corrected chi connectivity index (χ0v) is 14.7. The van der Waals surface area contributed by atoms with Crippen molar-refractivity contribution in [2.24, 2.45) is 0 Å². The van der Waals surface area contributed by atoms with Gasteiger partial charge in [-0.3, -0.25) is 9.48 Å². The molecule has 0 radical (unpaired) electrons. The topological polar surface area (TPSA) is 59.0 Å². The third kappa shape index (κ3) is 4.67. The van der Waals surface area contributed by atoms with Gasteiger partial charge < -0.3 is 10.6 Å². The summed E-state index contributed by atoms with van der Waals surface area (Å²) in [6, 6.07) is 14.5. The lowest BCUT2D eigenvalue weighted by Crippen LogP contribution is -2.36. The highest BCUT2D eigenvalue weighted by atomic mass is 16.1. The molecule has 0 aliphatic heterocycles. The van der Waals surface area contributed by atoms with Gasteiger partial charge in [-0.05, 0) is 41.8 Å². The first-order valence-electron chi connectivity index (χ1n) is 8.59. The van der Waals surface area contributed by atoms with E-state index in [1.165, 1.54) is 10.8 Å². The van der Waals surface area contributed by atoms with Crippen LogP contribution in [-0.2, 0) is 11.3 Å². The van der Waals surface area contributed by atoms with Crippen molar-refractivity contribution in [3.63, 3.8) is 0 Å². The minimum Gasteiger partial charge on any atom is -0.348 e. The summed E-state index contributed by atoms with van der Waals surface area (Å²) in [5.41, 5.74) is 2.25. The fraction of sp³-hybridized carbons (Fsp3) is 0.300. The number of hydrogen-bond acceptors (Lipinski definition) is 3. The molecule has 1 aromatic heterocycles. The molecule has 0 aliphatic carbocycles. The number of rotatable bonds is 7. The van der Waals surface area contributed by atoms with Crippen molar-refractivity contribution in [2.75, 3.05) is 13.1 Å². The first-order valence-corrected chi connectivity index (χ1v) is 8.59. The minimum absolute atomic E-state index is 0.00250. The highest BCUT2D eigenvalue weighted by Gasteiger charge is 2.09. The third-order valence-corrected chi connectivity index (χ3v) is 4.22. The lowest BCUT2D eigenvalue weighted by atomic mass is 10.0. The van der Waals surface area contributed by atoms with Gasteiger partial charge in [0.15, 0.2) is 0 Å². The van der Waals surface area contributed by atoms with Crippen molar-refractivity contribution in [1.29, 1.82) is 0 Å². The van der Waals surface area contributed by atoms with Crippen molar-refractivity contribution in [3.05, 3.63) is 66.0 Å². The van der Waals surface area contributed by atoms with Gasteiger partial charge in [0, 0.05) is 12.7 Å². The van der Waals surface area contributed by atoms with Crippen molar-refractivity contribution in [2.45, 2.75) is 26.4 Å². The van der Waals surface area contributed by atoms with E-state index in [0.717, 1.165) is 17.7 Å². The number of benzene rings is 2. The highest BCUT2D eigenvalue weighted by molar-refractivity contribution is 5.83. The molecule has 3 rings (SSSR count). The standard InChI is InChI=1S/C20H24N4O/c1-15-12-22-24(14-15)10-9-21-13-20(25)23-16(2)18-8-7-17-5-3-4-6-19(17)11-18/h3-8,11-12,14,16,21H,9-10,13H2,1-2H3,(H,23,25)/t16-/m1/s1. The maximum atomic E-state index is 12.1. The monoisotopic (exact) mass is 336 g/mol. The molecule has 0 fully saturated rings. The molecule has 0 saturated heterocycles. The quantitative estimate of drug-likeness (QED) is 0.652. The molecular formula is C20H24N4O. The number of amides is 1. The summed E-state index contributed by atoms with van der Waals surface area (Å²) in [7, 11) is 0. The molecule has 0 spiro atoms. The molecule has 0 aliphatic rings. The summed E-state index contributed by atoms with van der Waals surface area (Å²) in [6.07, 6.45) is 3.82. The Morgan fingerprint density at radius 2 is 2.00 bits per heavy atom. The molecule has 0 saturated carbocycles. The van der Waals surface area contributed by atoms with E-state index in [-0.39, 0.29) is 11.9 Å². The first kappa shape index (κ1) is 17.2. The van der Waals surface area contributed by atoms with Gasteiger partial charge in [0.05, 0.1) is 25.3 Å². The van der Waals surface area contributed by atoms with Crippen molar-refractivity contribution in [3.8, 4) is 0 Å². The van der Waals surface area contributed by atoms with E-state index in [0.29, 0.717) is 13.1 Å². The lowest BCUT2D eigenvalue weighted by Gasteiger charge is -2.15. The molecule has 2 N–H and O–H groups in total. The Kier molecular flexibility index (Phi) is 5.46. The fourth-order valence-corrected chi connectivity index (χ4v) is 2.84. The Morgan fingerprint density at radius 1 is 1.20 bits per heavy atom. The van der Waals surface area contributed by atoms with Crippen LogP contribution in [0.2, 0.25) is 0 Å². The number of nitrogens with zero attached hydrogens (tertiary/aromatic N) is 2. The van der Waals surface area contributed by atoms with Gasteiger partial charge in [-0.15, -0.1) is 0 Å². The Bertz CT molecular complexity index is 856. The van der Waals surface area contributed by atoms with Crippen LogP contribution in [0.1, 0.15) is 24.1 Å². The molecule has 0 bridgehead atoms. The zero-order chi connectivity index (χ0) is 17.6. The van der Waals surface area contributed by atoms with E-state index < -0.39 is 0 Å². The first-order chi connectivity index (χ1) is 12.1. The van der Waals surface area contributed by atoms with Gasteiger partial charge in [-0.2, -0.15) is 5.10 Å². The molecule has 1 heterocycles. The van der Waals surface area contributed by atoms with Crippen LogP contribution in [0.4, 0.5) is 0 Å². The maximum absolute atomic E-state index is 12.1. The Morgan fingerprint density at radius 3 is 2.76 bits per heavy atom. The second-order valence-electron chi connectivity index (χ2n) is 6.35. The normalized spacial score (nSPS) is 12.2. The Labute approximate surface area is 148 Å². The number of fused-ring (bicyclic) bond motifs is 1. The summed E-state index contributed by atoms with van der Waals surface area (Å²) in [4.78, 5) is 12.1. The van der Waals surface area contributed by atoms with E-state index in [2.05, 4.69) is 46.1 Å². The van der Waals surface area contributed by atoms with Crippen molar-refractivity contribution < 1.29 is 4.79 Å². The van der Waals surface area contributed by atoms with Crippen LogP contribution in [0.3, 0.4) is 0 Å². The van der Waals surface area contributed by atoms with E-state index in [1.54, 1.807) is 0 Å². The number of aryl methyl sites for hydroxylation is 1. The second kappa shape index (κ2) is 7.94. The van der Waals surface area contributed by atoms with Crippen molar-refractivity contribution in [1.82, 2.24) is 20.4 Å². The van der Waals surface area contributed by atoms with E-state index >= 15 is 0 Å². The van der Waals surface area contributed by atoms with E-state index in [4.69, 9.17) is 0 Å². The van der Waals surface area contributed by atoms with Crippen LogP contribution in [0.15, 0.2) is 54.9 Å². The molecule has 0 unspecified atom stereocenters.